The molecule has 0 amide bonds. The minimum Gasteiger partial charge on any atom is -0.276 e. The Balaban J connectivity index is 1.80. The van der Waals surface area contributed by atoms with Gasteiger partial charge in [-0.15, -0.1) is 0 Å². The molecule has 3 aromatic rings. The molecular formula is C17H16FN3O2S. The van der Waals surface area contributed by atoms with Gasteiger partial charge >= 0.3 is 0 Å². The van der Waals surface area contributed by atoms with Crippen LogP contribution in [0.2, 0.25) is 0 Å². The zero-order chi connectivity index (χ0) is 17.2. The van der Waals surface area contributed by atoms with Gasteiger partial charge in [0, 0.05) is 6.20 Å². The minimum atomic E-state index is -4.00. The highest BCUT2D eigenvalue weighted by molar-refractivity contribution is 7.92. The molecule has 0 radical (unpaired) electrons. The number of nitrogens with one attached hydrogen (secondary N) is 1. The molecule has 0 unspecified atom stereocenters. The van der Waals surface area contributed by atoms with Gasteiger partial charge < -0.3 is 0 Å². The van der Waals surface area contributed by atoms with Crippen LogP contribution in [0.5, 0.6) is 0 Å². The van der Waals surface area contributed by atoms with Crippen LogP contribution in [-0.4, -0.2) is 18.2 Å². The van der Waals surface area contributed by atoms with Gasteiger partial charge in [0.1, 0.15) is 10.7 Å². The first-order valence-electron chi connectivity index (χ1n) is 7.29. The van der Waals surface area contributed by atoms with Gasteiger partial charge in [-0.3, -0.25) is 9.40 Å². The van der Waals surface area contributed by atoms with Crippen molar-refractivity contribution < 1.29 is 12.8 Å². The number of hydrogen-bond donors (Lipinski definition) is 1. The number of halogens is 1. The van der Waals surface area contributed by atoms with Gasteiger partial charge in [0.25, 0.3) is 10.0 Å². The first kappa shape index (κ1) is 16.2. The van der Waals surface area contributed by atoms with Crippen LogP contribution < -0.4 is 4.72 Å². The fourth-order valence-electron chi connectivity index (χ4n) is 2.30. The van der Waals surface area contributed by atoms with Crippen LogP contribution in [-0.2, 0) is 16.6 Å². The SMILES string of the molecule is Cc1ccc(F)c(S(=O)(=O)Nc2cnn(Cc3ccccc3)c2)c1. The average molecular weight is 345 g/mol. The monoisotopic (exact) mass is 345 g/mol. The molecule has 7 heteroatoms. The first-order valence-corrected chi connectivity index (χ1v) is 8.78. The van der Waals surface area contributed by atoms with Crippen LogP contribution in [0.1, 0.15) is 11.1 Å². The maximum absolute atomic E-state index is 13.8. The Morgan fingerprint density at radius 1 is 1.17 bits per heavy atom. The minimum absolute atomic E-state index is 0.284. The zero-order valence-electron chi connectivity index (χ0n) is 13.0. The van der Waals surface area contributed by atoms with Gasteiger partial charge in [-0.2, -0.15) is 5.10 Å². The number of hydrogen-bond acceptors (Lipinski definition) is 3. The summed E-state index contributed by atoms with van der Waals surface area (Å²) in [5.74, 6) is -0.787. The number of anilines is 1. The molecule has 0 aliphatic rings. The lowest BCUT2D eigenvalue weighted by Gasteiger charge is -2.07. The molecule has 0 aliphatic heterocycles. The molecule has 0 atom stereocenters. The summed E-state index contributed by atoms with van der Waals surface area (Å²) in [6.07, 6.45) is 2.96. The molecule has 124 valence electrons. The second kappa shape index (κ2) is 6.45. The number of aryl methyl sites for hydroxylation is 1. The highest BCUT2D eigenvalue weighted by atomic mass is 32.2. The molecule has 0 saturated heterocycles. The summed E-state index contributed by atoms with van der Waals surface area (Å²) in [6, 6.07) is 13.6. The molecule has 5 nitrogen and oxygen atoms in total. The Hall–Kier alpha value is -2.67. The molecule has 1 heterocycles. The average Bonchev–Trinajstić information content (AvgIpc) is 2.97. The summed E-state index contributed by atoms with van der Waals surface area (Å²) in [5.41, 5.74) is 1.99. The van der Waals surface area contributed by atoms with Gasteiger partial charge in [0.05, 0.1) is 18.4 Å². The fraction of sp³-hybridized carbons (Fsp3) is 0.118. The van der Waals surface area contributed by atoms with Gasteiger partial charge in [-0.25, -0.2) is 12.8 Å². The summed E-state index contributed by atoms with van der Waals surface area (Å²) in [7, 11) is -4.00. The van der Waals surface area contributed by atoms with Crippen molar-refractivity contribution in [2.24, 2.45) is 0 Å². The van der Waals surface area contributed by atoms with E-state index < -0.39 is 15.8 Å². The van der Waals surface area contributed by atoms with E-state index in [4.69, 9.17) is 0 Å². The van der Waals surface area contributed by atoms with Crippen molar-refractivity contribution in [2.75, 3.05) is 4.72 Å². The molecule has 2 aromatic carbocycles. The molecule has 0 aliphatic carbocycles. The molecule has 1 N–H and O–H groups in total. The molecule has 1 aromatic heterocycles. The van der Waals surface area contributed by atoms with E-state index in [1.165, 1.54) is 18.3 Å². The van der Waals surface area contributed by atoms with Crippen LogP contribution in [0.3, 0.4) is 0 Å². The first-order chi connectivity index (χ1) is 11.4. The highest BCUT2D eigenvalue weighted by Gasteiger charge is 2.20. The van der Waals surface area contributed by atoms with E-state index in [-0.39, 0.29) is 10.6 Å². The molecule has 3 rings (SSSR count). The summed E-state index contributed by atoms with van der Waals surface area (Å²) in [4.78, 5) is -0.377. The molecule has 0 saturated carbocycles. The fourth-order valence-corrected chi connectivity index (χ4v) is 3.49. The number of benzene rings is 2. The van der Waals surface area contributed by atoms with Crippen LogP contribution in [0.15, 0.2) is 65.8 Å². The largest absolute Gasteiger partial charge is 0.276 e. The topological polar surface area (TPSA) is 64.0 Å². The lowest BCUT2D eigenvalue weighted by molar-refractivity contribution is 0.570. The van der Waals surface area contributed by atoms with Crippen LogP contribution in [0.4, 0.5) is 10.1 Å². The highest BCUT2D eigenvalue weighted by Crippen LogP contribution is 2.20. The molecule has 0 fully saturated rings. The second-order valence-corrected chi connectivity index (χ2v) is 7.10. The Morgan fingerprint density at radius 2 is 1.92 bits per heavy atom. The van der Waals surface area contributed by atoms with Gasteiger partial charge in [-0.1, -0.05) is 36.4 Å². The smallest absolute Gasteiger partial charge is 0.264 e. The van der Waals surface area contributed by atoms with Gasteiger partial charge in [0.2, 0.25) is 0 Å². The quantitative estimate of drug-likeness (QED) is 0.772. The van der Waals surface area contributed by atoms with Crippen molar-refractivity contribution in [1.82, 2.24) is 9.78 Å². The Bertz CT molecular complexity index is 953. The van der Waals surface area contributed by atoms with E-state index >= 15 is 0 Å². The van der Waals surface area contributed by atoms with Crippen molar-refractivity contribution >= 4 is 15.7 Å². The van der Waals surface area contributed by atoms with Crippen molar-refractivity contribution in [3.05, 3.63) is 77.9 Å². The van der Waals surface area contributed by atoms with Crippen LogP contribution in [0.25, 0.3) is 0 Å². The molecule has 0 spiro atoms. The molecular weight excluding hydrogens is 329 g/mol. The van der Waals surface area contributed by atoms with E-state index in [0.29, 0.717) is 12.1 Å². The number of aromatic nitrogens is 2. The van der Waals surface area contributed by atoms with Gasteiger partial charge in [0.15, 0.2) is 0 Å². The van der Waals surface area contributed by atoms with Crippen molar-refractivity contribution in [3.8, 4) is 0 Å². The predicted molar refractivity (Wildman–Crippen MR) is 89.7 cm³/mol. The van der Waals surface area contributed by atoms with E-state index in [9.17, 15) is 12.8 Å². The molecule has 0 bridgehead atoms. The third-order valence-corrected chi connectivity index (χ3v) is 4.85. The third kappa shape index (κ3) is 3.62. The Morgan fingerprint density at radius 3 is 2.67 bits per heavy atom. The third-order valence-electron chi connectivity index (χ3n) is 3.45. The van der Waals surface area contributed by atoms with E-state index in [1.54, 1.807) is 17.8 Å². The van der Waals surface area contributed by atoms with Crippen molar-refractivity contribution in [2.45, 2.75) is 18.4 Å². The van der Waals surface area contributed by atoms with Crippen molar-refractivity contribution in [1.29, 1.82) is 0 Å². The van der Waals surface area contributed by atoms with E-state index in [2.05, 4.69) is 9.82 Å². The lowest BCUT2D eigenvalue weighted by Crippen LogP contribution is -2.14. The summed E-state index contributed by atoms with van der Waals surface area (Å²) in [5, 5.41) is 4.13. The summed E-state index contributed by atoms with van der Waals surface area (Å²) >= 11 is 0. The zero-order valence-corrected chi connectivity index (χ0v) is 13.8. The second-order valence-electron chi connectivity index (χ2n) is 5.45. The van der Waals surface area contributed by atoms with E-state index in [1.807, 2.05) is 30.3 Å². The van der Waals surface area contributed by atoms with Crippen molar-refractivity contribution in [3.63, 3.8) is 0 Å². The summed E-state index contributed by atoms with van der Waals surface area (Å²) < 4.78 is 42.5. The Labute approximate surface area is 139 Å². The van der Waals surface area contributed by atoms with Gasteiger partial charge in [-0.05, 0) is 30.2 Å². The normalized spacial score (nSPS) is 11.4. The number of nitrogens with zero attached hydrogens (tertiary/aromatic N) is 2. The van der Waals surface area contributed by atoms with E-state index in [0.717, 1.165) is 11.6 Å². The Kier molecular flexibility index (Phi) is 4.35. The number of sulfonamides is 1. The van der Waals surface area contributed by atoms with Crippen LogP contribution in [0, 0.1) is 12.7 Å². The maximum Gasteiger partial charge on any atom is 0.264 e. The predicted octanol–water partition coefficient (Wildman–Crippen LogP) is 3.18. The number of rotatable bonds is 5. The standard InChI is InChI=1S/C17H16FN3O2S/c1-13-7-8-16(18)17(9-13)24(22,23)20-15-10-19-21(12-15)11-14-5-3-2-4-6-14/h2-10,12,20H,11H2,1H3. The molecule has 24 heavy (non-hydrogen) atoms. The van der Waals surface area contributed by atoms with Crippen LogP contribution >= 0.6 is 0 Å². The maximum atomic E-state index is 13.8. The summed E-state index contributed by atoms with van der Waals surface area (Å²) in [6.45, 7) is 2.22. The lowest BCUT2D eigenvalue weighted by atomic mass is 10.2.